The molecule has 1 aromatic rings. The smallest absolute Gasteiger partial charge is 0.0450 e. The molecule has 3 heterocycles. The lowest BCUT2D eigenvalue weighted by Gasteiger charge is -2.44. The van der Waals surface area contributed by atoms with E-state index in [0.717, 1.165) is 0 Å². The van der Waals surface area contributed by atoms with Crippen LogP contribution < -0.4 is 0 Å². The van der Waals surface area contributed by atoms with Gasteiger partial charge in [0.05, 0.1) is 0 Å². The molecule has 1 nitrogen and oxygen atoms in total. The fraction of sp³-hybridized carbons (Fsp3) is 0.815. The fourth-order valence-corrected chi connectivity index (χ4v) is 14.0. The summed E-state index contributed by atoms with van der Waals surface area (Å²) in [6.45, 7) is 20.3. The van der Waals surface area contributed by atoms with E-state index in [0.29, 0.717) is 20.6 Å². The summed E-state index contributed by atoms with van der Waals surface area (Å²) in [4.78, 5) is 5.32. The van der Waals surface area contributed by atoms with E-state index in [-0.39, 0.29) is 15.8 Å². The first-order chi connectivity index (χ1) is 13.8. The molecule has 0 radical (unpaired) electrons. The van der Waals surface area contributed by atoms with Crippen molar-refractivity contribution in [1.29, 1.82) is 0 Å². The zero-order valence-electron chi connectivity index (χ0n) is 21.1. The average Bonchev–Trinajstić information content (AvgIpc) is 2.80. The second-order valence-electron chi connectivity index (χ2n) is 12.5. The molecular weight excluding hydrogens is 400 g/mol. The summed E-state index contributed by atoms with van der Waals surface area (Å²) in [5.74, 6) is 0. The van der Waals surface area contributed by atoms with Crippen LogP contribution in [-0.2, 0) is 12.3 Å². The molecule has 0 unspecified atom stereocenters. The summed E-state index contributed by atoms with van der Waals surface area (Å²) in [7, 11) is -0.185. The van der Waals surface area contributed by atoms with Gasteiger partial charge in [-0.2, -0.15) is 0 Å². The first-order valence-electron chi connectivity index (χ1n) is 12.3. The number of hydrogen-bond acceptors (Lipinski definition) is 1. The van der Waals surface area contributed by atoms with Gasteiger partial charge < -0.3 is 0 Å². The van der Waals surface area contributed by atoms with Crippen molar-refractivity contribution in [2.24, 2.45) is 0 Å². The maximum absolute atomic E-state index is 5.32. The second-order valence-corrected chi connectivity index (χ2v) is 19.6. The molecule has 2 aliphatic rings. The topological polar surface area (TPSA) is 12.9 Å². The van der Waals surface area contributed by atoms with Gasteiger partial charge in [0.1, 0.15) is 0 Å². The van der Waals surface area contributed by atoms with E-state index in [1.54, 1.807) is 0 Å². The molecule has 0 N–H and O–H groups in total. The molecule has 1 aromatic heterocycles. The zero-order valence-corrected chi connectivity index (χ0v) is 22.9. The first-order valence-corrected chi connectivity index (χ1v) is 15.4. The van der Waals surface area contributed by atoms with Crippen molar-refractivity contribution in [2.75, 3.05) is 0 Å². The van der Waals surface area contributed by atoms with E-state index in [1.165, 1.54) is 75.1 Å². The minimum Gasteiger partial charge on any atom is -0.257 e. The molecule has 170 valence electrons. The Morgan fingerprint density at radius 1 is 0.600 bits per heavy atom. The van der Waals surface area contributed by atoms with Crippen molar-refractivity contribution >= 4 is 15.8 Å². The minimum atomic E-state index is -0.0924. The van der Waals surface area contributed by atoms with Crippen LogP contribution in [0.3, 0.4) is 0 Å². The summed E-state index contributed by atoms with van der Waals surface area (Å²) < 4.78 is 0. The van der Waals surface area contributed by atoms with Gasteiger partial charge in [-0.25, -0.2) is 0 Å². The van der Waals surface area contributed by atoms with Crippen LogP contribution in [0.2, 0.25) is 0 Å². The van der Waals surface area contributed by atoms with Crippen LogP contribution in [0.5, 0.6) is 0 Å². The van der Waals surface area contributed by atoms with Gasteiger partial charge in [0, 0.05) is 23.7 Å². The predicted octanol–water partition coefficient (Wildman–Crippen LogP) is 9.31. The highest BCUT2D eigenvalue weighted by molar-refractivity contribution is 7.60. The summed E-state index contributed by atoms with van der Waals surface area (Å²) in [6, 6.07) is 6.94. The molecule has 2 fully saturated rings. The molecule has 0 saturated carbocycles. The van der Waals surface area contributed by atoms with Crippen molar-refractivity contribution < 1.29 is 0 Å². The van der Waals surface area contributed by atoms with E-state index in [9.17, 15) is 0 Å². The normalized spacial score (nSPS) is 26.7. The molecule has 0 amide bonds. The monoisotopic (exact) mass is 447 g/mol. The van der Waals surface area contributed by atoms with E-state index in [2.05, 4.69) is 73.6 Å². The van der Waals surface area contributed by atoms with Crippen LogP contribution in [0.4, 0.5) is 0 Å². The van der Waals surface area contributed by atoms with Gasteiger partial charge in [-0.05, 0) is 58.4 Å². The Balaban J connectivity index is 1.83. The van der Waals surface area contributed by atoms with Crippen LogP contribution in [0.25, 0.3) is 0 Å². The predicted molar refractivity (Wildman–Crippen MR) is 139 cm³/mol. The number of pyridine rings is 1. The molecule has 0 aromatic carbocycles. The van der Waals surface area contributed by atoms with Crippen LogP contribution in [0, 0.1) is 0 Å². The lowest BCUT2D eigenvalue weighted by molar-refractivity contribution is 0.563. The van der Waals surface area contributed by atoms with E-state index < -0.39 is 0 Å². The maximum atomic E-state index is 5.32. The summed E-state index contributed by atoms with van der Waals surface area (Å²) >= 11 is 0. The quantitative estimate of drug-likeness (QED) is 0.419. The van der Waals surface area contributed by atoms with Gasteiger partial charge in [0.2, 0.25) is 0 Å². The van der Waals surface area contributed by atoms with Gasteiger partial charge in [0.25, 0.3) is 0 Å². The van der Waals surface area contributed by atoms with Crippen LogP contribution in [0.1, 0.15) is 118 Å². The van der Waals surface area contributed by atoms with Gasteiger partial charge in [0.15, 0.2) is 0 Å². The molecule has 3 rings (SSSR count). The standard InChI is InChI=1S/C27H47NP2/c1-24(2)16-9-10-17-25(3,4)29(24)20-22-14-13-15-23(28-22)21-30-26(5,6)18-11-12-19-27(30,7)8/h13-15H,9-12,16-21H2,1-8H3. The second kappa shape index (κ2) is 9.10. The summed E-state index contributed by atoms with van der Waals surface area (Å²) in [6.07, 6.45) is 13.5. The highest BCUT2D eigenvalue weighted by Gasteiger charge is 2.43. The highest BCUT2D eigenvalue weighted by Crippen LogP contribution is 2.67. The molecule has 30 heavy (non-hydrogen) atoms. The van der Waals surface area contributed by atoms with Gasteiger partial charge in [-0.15, -0.1) is 0 Å². The Morgan fingerprint density at radius 2 is 0.900 bits per heavy atom. The van der Waals surface area contributed by atoms with Crippen molar-refractivity contribution in [2.45, 2.75) is 140 Å². The van der Waals surface area contributed by atoms with E-state index >= 15 is 0 Å². The van der Waals surface area contributed by atoms with Crippen molar-refractivity contribution in [3.8, 4) is 0 Å². The third-order valence-corrected chi connectivity index (χ3v) is 16.1. The van der Waals surface area contributed by atoms with Gasteiger partial charge in [-0.3, -0.25) is 4.98 Å². The molecule has 0 atom stereocenters. The largest absolute Gasteiger partial charge is 0.257 e. The molecule has 2 saturated heterocycles. The SMILES string of the molecule is CC1(C)CCCCC(C)(C)P1Cc1cccc(CP2C(C)(C)CCCCC2(C)C)n1. The number of rotatable bonds is 4. The molecule has 0 aliphatic carbocycles. The van der Waals surface area contributed by atoms with Crippen LogP contribution in [-0.4, -0.2) is 25.6 Å². The van der Waals surface area contributed by atoms with Gasteiger partial charge in [-0.1, -0.05) is 103 Å². The summed E-state index contributed by atoms with van der Waals surface area (Å²) in [5, 5.41) is 1.84. The Kier molecular flexibility index (Phi) is 7.48. The number of hydrogen-bond donors (Lipinski definition) is 0. The lowest BCUT2D eigenvalue weighted by Crippen LogP contribution is -2.29. The highest BCUT2D eigenvalue weighted by atomic mass is 31.1. The van der Waals surface area contributed by atoms with Crippen molar-refractivity contribution in [3.63, 3.8) is 0 Å². The van der Waals surface area contributed by atoms with Crippen LogP contribution in [0.15, 0.2) is 18.2 Å². The van der Waals surface area contributed by atoms with Gasteiger partial charge >= 0.3 is 0 Å². The Hall–Kier alpha value is 0.01000. The fourth-order valence-electron chi connectivity index (χ4n) is 6.29. The Bertz CT molecular complexity index is 626. The maximum Gasteiger partial charge on any atom is 0.0450 e. The third-order valence-electron chi connectivity index (χ3n) is 8.08. The minimum absolute atomic E-state index is 0.0924. The zero-order chi connectivity index (χ0) is 22.2. The van der Waals surface area contributed by atoms with Crippen LogP contribution >= 0.6 is 15.8 Å². The lowest BCUT2D eigenvalue weighted by atomic mass is 10.0. The molecule has 0 bridgehead atoms. The first kappa shape index (κ1) is 24.6. The summed E-state index contributed by atoms with van der Waals surface area (Å²) in [5.41, 5.74) is 2.73. The number of nitrogens with zero attached hydrogens (tertiary/aromatic N) is 1. The Labute approximate surface area is 190 Å². The van der Waals surface area contributed by atoms with Crippen molar-refractivity contribution in [3.05, 3.63) is 29.6 Å². The molecule has 3 heteroatoms. The molecular formula is C27H47NP2. The van der Waals surface area contributed by atoms with E-state index in [1.807, 2.05) is 0 Å². The number of aromatic nitrogens is 1. The average molecular weight is 448 g/mol. The van der Waals surface area contributed by atoms with Crippen molar-refractivity contribution in [1.82, 2.24) is 4.98 Å². The third kappa shape index (κ3) is 5.67. The Morgan fingerprint density at radius 3 is 1.20 bits per heavy atom. The van der Waals surface area contributed by atoms with E-state index in [4.69, 9.17) is 4.98 Å². The molecule has 2 aliphatic heterocycles. The molecule has 0 spiro atoms.